The summed E-state index contributed by atoms with van der Waals surface area (Å²) in [6.45, 7) is 16.5. The van der Waals surface area contributed by atoms with E-state index in [0.717, 1.165) is 18.2 Å². The summed E-state index contributed by atoms with van der Waals surface area (Å²) in [7, 11) is 7.83. The number of likely N-dealkylation sites (tertiary alicyclic amines) is 1. The molecule has 0 aromatic heterocycles. The van der Waals surface area contributed by atoms with Gasteiger partial charge in [0, 0.05) is 41.3 Å². The van der Waals surface area contributed by atoms with Crippen molar-refractivity contribution in [2.45, 2.75) is 130 Å². The fourth-order valence-electron chi connectivity index (χ4n) is 8.11. The maximum absolute atomic E-state index is 14.5. The van der Waals surface area contributed by atoms with Crippen molar-refractivity contribution in [2.24, 2.45) is 23.7 Å². The van der Waals surface area contributed by atoms with E-state index in [1.807, 2.05) is 41.5 Å². The molecule has 3 N–H and O–H groups in total. The second kappa shape index (κ2) is 21.3. The van der Waals surface area contributed by atoms with Crippen LogP contribution in [-0.4, -0.2) is 129 Å². The van der Waals surface area contributed by atoms with E-state index in [2.05, 4.69) is 16.0 Å². The number of hydrogen-bond acceptors (Lipinski definition) is 9. The number of likely N-dealkylation sites (N-methyl/N-ethyl adjacent to an activating group) is 2. The van der Waals surface area contributed by atoms with Crippen molar-refractivity contribution in [1.29, 1.82) is 0 Å². The van der Waals surface area contributed by atoms with Crippen LogP contribution < -0.4 is 16.0 Å². The first kappa shape index (κ1) is 48.6. The zero-order valence-electron chi connectivity index (χ0n) is 35.8. The van der Waals surface area contributed by atoms with Crippen molar-refractivity contribution >= 4 is 29.4 Å². The largest absolute Gasteiger partial charge is 0.380 e. The summed E-state index contributed by atoms with van der Waals surface area (Å²) in [5.74, 6) is -5.80. The van der Waals surface area contributed by atoms with Crippen LogP contribution in [0.25, 0.3) is 0 Å². The van der Waals surface area contributed by atoms with Gasteiger partial charge in [-0.2, -0.15) is 0 Å². The van der Waals surface area contributed by atoms with Crippen LogP contribution in [0.3, 0.4) is 0 Å². The number of methoxy groups -OCH3 is 3. The third-order valence-electron chi connectivity index (χ3n) is 11.5. The molecule has 15 heteroatoms. The Bertz CT molecular complexity index is 1490. The fourth-order valence-corrected chi connectivity index (χ4v) is 8.11. The molecule has 1 saturated heterocycles. The molecule has 0 spiro atoms. The Morgan fingerprint density at radius 1 is 0.911 bits per heavy atom. The van der Waals surface area contributed by atoms with Crippen molar-refractivity contribution in [3.63, 3.8) is 0 Å². The number of benzene rings is 1. The van der Waals surface area contributed by atoms with Gasteiger partial charge in [-0.3, -0.25) is 24.0 Å². The van der Waals surface area contributed by atoms with Crippen LogP contribution in [0.4, 0.5) is 8.78 Å². The monoisotopic (exact) mass is 795 g/mol. The number of ketones is 1. The number of nitrogens with one attached hydrogen (secondary N) is 3. The summed E-state index contributed by atoms with van der Waals surface area (Å²) in [5, 5.41) is 8.55. The van der Waals surface area contributed by atoms with Gasteiger partial charge in [-0.15, -0.1) is 0 Å². The Balaban J connectivity index is 2.40. The lowest BCUT2D eigenvalue weighted by molar-refractivity contribution is -0.152. The molecule has 1 aromatic rings. The number of ether oxygens (including phenoxy) is 3. The molecule has 2 rings (SSSR count). The minimum Gasteiger partial charge on any atom is -0.380 e. The maximum Gasteiger partial charge on any atom is 0.245 e. The molecule has 318 valence electrons. The molecular formula is C41H67F2N5O8. The van der Waals surface area contributed by atoms with E-state index in [-0.39, 0.29) is 48.4 Å². The molecule has 1 aliphatic heterocycles. The minimum atomic E-state index is -1.27. The Morgan fingerprint density at radius 3 is 1.95 bits per heavy atom. The Labute approximate surface area is 332 Å². The van der Waals surface area contributed by atoms with Gasteiger partial charge in [0.2, 0.25) is 23.6 Å². The topological polar surface area (TPSA) is 156 Å². The smallest absolute Gasteiger partial charge is 0.245 e. The molecule has 1 aromatic carbocycles. The van der Waals surface area contributed by atoms with E-state index in [9.17, 15) is 32.8 Å². The van der Waals surface area contributed by atoms with Crippen LogP contribution in [0.5, 0.6) is 0 Å². The molecular weight excluding hydrogens is 728 g/mol. The van der Waals surface area contributed by atoms with Gasteiger partial charge < -0.3 is 40.0 Å². The SMILES string of the molecule is CCC(C)[C@@H]([C@@H](CC(=O)N1C[C@H](OC)C[C@@]1(C)[C@H](OC)[C@@H](C)C(=O)N[C@H](C)C(=O)c1c(F)cccc1F)OC)N(C)C(=O)[C@@H](NC(=O)[C@@H](NC)C(C)C)C(C)C. The highest BCUT2D eigenvalue weighted by atomic mass is 19.1. The normalized spacial score (nSPS) is 21.5. The van der Waals surface area contributed by atoms with Crippen LogP contribution in [0, 0.1) is 35.3 Å². The van der Waals surface area contributed by atoms with Gasteiger partial charge in [-0.25, -0.2) is 8.78 Å². The second-order valence-corrected chi connectivity index (χ2v) is 16.1. The molecule has 1 fully saturated rings. The van der Waals surface area contributed by atoms with Crippen LogP contribution in [-0.2, 0) is 33.4 Å². The lowest BCUT2D eigenvalue weighted by Crippen LogP contribution is -2.61. The van der Waals surface area contributed by atoms with Crippen molar-refractivity contribution in [3.8, 4) is 0 Å². The summed E-state index contributed by atoms with van der Waals surface area (Å²) in [4.78, 5) is 71.8. The number of carbonyl (C=O) groups is 5. The number of halogens is 2. The molecule has 0 radical (unpaired) electrons. The van der Waals surface area contributed by atoms with Crippen molar-refractivity contribution < 1.29 is 47.0 Å². The van der Waals surface area contributed by atoms with Gasteiger partial charge in [-0.05, 0) is 50.8 Å². The zero-order valence-corrected chi connectivity index (χ0v) is 35.8. The first-order valence-electron chi connectivity index (χ1n) is 19.6. The van der Waals surface area contributed by atoms with E-state index in [4.69, 9.17) is 14.2 Å². The minimum absolute atomic E-state index is 0.00859. The van der Waals surface area contributed by atoms with E-state index < -0.39 is 82.8 Å². The van der Waals surface area contributed by atoms with Crippen LogP contribution in [0.15, 0.2) is 18.2 Å². The van der Waals surface area contributed by atoms with Gasteiger partial charge in [-0.1, -0.05) is 61.0 Å². The fraction of sp³-hybridized carbons (Fsp3) is 0.732. The summed E-state index contributed by atoms with van der Waals surface area (Å²) < 4.78 is 46.4. The van der Waals surface area contributed by atoms with Gasteiger partial charge in [0.25, 0.3) is 0 Å². The van der Waals surface area contributed by atoms with Crippen LogP contribution in [0.2, 0.25) is 0 Å². The van der Waals surface area contributed by atoms with Gasteiger partial charge in [0.05, 0.1) is 59.9 Å². The Morgan fingerprint density at radius 2 is 1.48 bits per heavy atom. The average Bonchev–Trinajstić information content (AvgIpc) is 3.49. The average molecular weight is 796 g/mol. The maximum atomic E-state index is 14.5. The lowest BCUT2D eigenvalue weighted by Gasteiger charge is -2.44. The standard InChI is InChI=1S/C41H67F2N5O8/c1-15-24(6)35(47(11)40(53)34(23(4)5)46-39(52)33(44-10)22(2)3)30(55-13)19-31(49)48-21-27(54-12)20-41(48,9)37(56-14)25(7)38(51)45-26(8)36(50)32-28(42)17-16-18-29(32)43/h16-18,22-27,30,33-35,37,44H,15,19-21H2,1-14H3,(H,45,51)(H,46,52)/t24?,25-,26-,27-,30-,33+,34+,35+,37-,41+/m1/s1. The molecule has 10 atom stereocenters. The third-order valence-corrected chi connectivity index (χ3v) is 11.5. The highest BCUT2D eigenvalue weighted by Crippen LogP contribution is 2.39. The number of amides is 4. The molecule has 0 aliphatic carbocycles. The number of carbonyl (C=O) groups excluding carboxylic acids is 5. The second-order valence-electron chi connectivity index (χ2n) is 16.1. The quantitative estimate of drug-likeness (QED) is 0.157. The van der Waals surface area contributed by atoms with Crippen molar-refractivity contribution in [1.82, 2.24) is 25.8 Å². The first-order chi connectivity index (χ1) is 26.2. The molecule has 1 unspecified atom stereocenters. The predicted molar refractivity (Wildman–Crippen MR) is 210 cm³/mol. The van der Waals surface area contributed by atoms with E-state index in [1.165, 1.54) is 28.3 Å². The van der Waals surface area contributed by atoms with Gasteiger partial charge in [0.15, 0.2) is 5.78 Å². The van der Waals surface area contributed by atoms with Crippen LogP contribution in [0.1, 0.15) is 91.9 Å². The highest BCUT2D eigenvalue weighted by Gasteiger charge is 2.53. The molecule has 4 amide bonds. The Kier molecular flexibility index (Phi) is 18.5. The van der Waals surface area contributed by atoms with E-state index in [1.54, 1.807) is 37.7 Å². The van der Waals surface area contributed by atoms with Crippen molar-refractivity contribution in [3.05, 3.63) is 35.4 Å². The van der Waals surface area contributed by atoms with Gasteiger partial charge in [0.1, 0.15) is 17.7 Å². The molecule has 13 nitrogen and oxygen atoms in total. The molecule has 0 saturated carbocycles. The highest BCUT2D eigenvalue weighted by molar-refractivity contribution is 6.02. The third kappa shape index (κ3) is 11.1. The predicted octanol–water partition coefficient (Wildman–Crippen LogP) is 3.97. The summed E-state index contributed by atoms with van der Waals surface area (Å²) in [5.41, 5.74) is -1.83. The number of rotatable bonds is 21. The summed E-state index contributed by atoms with van der Waals surface area (Å²) in [6, 6.07) is -0.0556. The van der Waals surface area contributed by atoms with Gasteiger partial charge >= 0.3 is 0 Å². The van der Waals surface area contributed by atoms with E-state index in [0.29, 0.717) is 12.8 Å². The molecule has 56 heavy (non-hydrogen) atoms. The van der Waals surface area contributed by atoms with Crippen molar-refractivity contribution in [2.75, 3.05) is 42.0 Å². The lowest BCUT2D eigenvalue weighted by atomic mass is 9.82. The molecule has 0 bridgehead atoms. The summed E-state index contributed by atoms with van der Waals surface area (Å²) >= 11 is 0. The molecule has 1 heterocycles. The number of Topliss-reactive ketones (excluding diaryl/α,β-unsaturated/α-hetero) is 1. The Hall–Kier alpha value is -3.53. The van der Waals surface area contributed by atoms with E-state index >= 15 is 0 Å². The number of nitrogens with zero attached hydrogens (tertiary/aromatic N) is 2. The summed E-state index contributed by atoms with van der Waals surface area (Å²) in [6.07, 6.45) is -1.21. The van der Waals surface area contributed by atoms with Crippen LogP contribution >= 0.6 is 0 Å². The molecule has 1 aliphatic rings. The first-order valence-corrected chi connectivity index (χ1v) is 19.6. The number of hydrogen-bond donors (Lipinski definition) is 3. The zero-order chi connectivity index (χ0) is 42.8.